The van der Waals surface area contributed by atoms with E-state index in [1.807, 2.05) is 19.0 Å². The van der Waals surface area contributed by atoms with Gasteiger partial charge in [0.1, 0.15) is 0 Å². The maximum atomic E-state index is 13.7. The number of carboxylic acid groups (broad SMARTS) is 1. The number of aromatic carboxylic acids is 1. The molecule has 20 heavy (non-hydrogen) atoms. The van der Waals surface area contributed by atoms with Crippen molar-refractivity contribution in [1.29, 1.82) is 0 Å². The molecule has 0 unspecified atom stereocenters. The Balaban J connectivity index is 2.48. The Bertz CT molecular complexity index is 652. The molecule has 0 spiro atoms. The van der Waals surface area contributed by atoms with Gasteiger partial charge in [0.25, 0.3) is 0 Å². The van der Waals surface area contributed by atoms with Gasteiger partial charge in [-0.25, -0.2) is 9.18 Å². The molecular weight excluding hydrogens is 267 g/mol. The molecule has 2 rings (SSSR count). The molecule has 0 aliphatic carbocycles. The number of aromatic hydroxyl groups is 1. The summed E-state index contributed by atoms with van der Waals surface area (Å²) in [4.78, 5) is 12.6. The normalized spacial score (nSPS) is 11.0. The van der Waals surface area contributed by atoms with Crippen molar-refractivity contribution in [1.82, 2.24) is 10.1 Å². The van der Waals surface area contributed by atoms with E-state index in [1.54, 1.807) is 0 Å². The van der Waals surface area contributed by atoms with E-state index >= 15 is 0 Å². The van der Waals surface area contributed by atoms with E-state index < -0.39 is 17.5 Å². The minimum Gasteiger partial charge on any atom is -0.504 e. The smallest absolute Gasteiger partial charge is 0.358 e. The minimum absolute atomic E-state index is 0.000550. The number of hydrogen-bond acceptors (Lipinski definition) is 5. The van der Waals surface area contributed by atoms with Gasteiger partial charge in [0.2, 0.25) is 0 Å². The summed E-state index contributed by atoms with van der Waals surface area (Å²) in [5.41, 5.74) is 0.383. The van der Waals surface area contributed by atoms with Crippen LogP contribution in [0.5, 0.6) is 5.75 Å². The first-order valence-corrected chi connectivity index (χ1v) is 5.75. The zero-order valence-corrected chi connectivity index (χ0v) is 10.9. The highest BCUT2D eigenvalue weighted by atomic mass is 19.1. The number of carboxylic acids is 1. The fourth-order valence-corrected chi connectivity index (χ4v) is 1.80. The fraction of sp³-hybridized carbons (Fsp3) is 0.231. The average Bonchev–Trinajstić information content (AvgIpc) is 2.82. The second kappa shape index (κ2) is 5.30. The highest BCUT2D eigenvalue weighted by Crippen LogP contribution is 2.33. The second-order valence-corrected chi connectivity index (χ2v) is 4.59. The lowest BCUT2D eigenvalue weighted by Crippen LogP contribution is -2.10. The van der Waals surface area contributed by atoms with Crippen molar-refractivity contribution < 1.29 is 23.9 Å². The van der Waals surface area contributed by atoms with Gasteiger partial charge in [0.15, 0.2) is 23.0 Å². The van der Waals surface area contributed by atoms with Gasteiger partial charge in [-0.3, -0.25) is 0 Å². The van der Waals surface area contributed by atoms with E-state index in [0.717, 1.165) is 6.07 Å². The van der Waals surface area contributed by atoms with Crippen molar-refractivity contribution in [2.45, 2.75) is 6.54 Å². The van der Waals surface area contributed by atoms with E-state index in [-0.39, 0.29) is 17.0 Å². The van der Waals surface area contributed by atoms with E-state index in [9.17, 15) is 14.3 Å². The van der Waals surface area contributed by atoms with Crippen molar-refractivity contribution in [2.24, 2.45) is 0 Å². The second-order valence-electron chi connectivity index (χ2n) is 4.59. The van der Waals surface area contributed by atoms with Gasteiger partial charge in [0, 0.05) is 12.6 Å². The van der Waals surface area contributed by atoms with Crippen molar-refractivity contribution in [2.75, 3.05) is 14.1 Å². The van der Waals surface area contributed by atoms with Crippen LogP contribution in [0, 0.1) is 5.82 Å². The maximum Gasteiger partial charge on any atom is 0.358 e. The molecule has 2 aromatic rings. The van der Waals surface area contributed by atoms with E-state index in [1.165, 1.54) is 12.1 Å². The van der Waals surface area contributed by atoms with Crippen molar-refractivity contribution in [3.05, 3.63) is 35.3 Å². The highest BCUT2D eigenvalue weighted by Gasteiger charge is 2.18. The first kappa shape index (κ1) is 14.0. The molecule has 0 aliphatic rings. The molecule has 7 heteroatoms. The first-order valence-electron chi connectivity index (χ1n) is 5.75. The minimum atomic E-state index is -1.26. The van der Waals surface area contributed by atoms with Crippen LogP contribution in [-0.4, -0.2) is 40.3 Å². The standard InChI is InChI=1S/C13H13FN2O4/c1-16(2)6-7-3-8(12(17)9(14)4-7)11-5-10(13(18)19)15-20-11/h3-5,17H,6H2,1-2H3,(H,18,19). The van der Waals surface area contributed by atoms with E-state index in [0.29, 0.717) is 12.1 Å². The van der Waals surface area contributed by atoms with Crippen LogP contribution in [0.1, 0.15) is 16.1 Å². The molecule has 1 heterocycles. The number of phenols is 1. The summed E-state index contributed by atoms with van der Waals surface area (Å²) in [5.74, 6) is -2.66. The summed E-state index contributed by atoms with van der Waals surface area (Å²) < 4.78 is 18.5. The molecule has 6 nitrogen and oxygen atoms in total. The number of carbonyl (C=O) groups is 1. The Kier molecular flexibility index (Phi) is 3.71. The topological polar surface area (TPSA) is 86.8 Å². The lowest BCUT2D eigenvalue weighted by atomic mass is 10.1. The maximum absolute atomic E-state index is 13.7. The summed E-state index contributed by atoms with van der Waals surface area (Å²) >= 11 is 0. The number of phenolic OH excluding ortho intramolecular Hbond substituents is 1. The van der Waals surface area contributed by atoms with Crippen LogP contribution in [0.15, 0.2) is 22.7 Å². The van der Waals surface area contributed by atoms with Gasteiger partial charge >= 0.3 is 5.97 Å². The van der Waals surface area contributed by atoms with Crippen LogP contribution in [0.25, 0.3) is 11.3 Å². The molecule has 0 amide bonds. The molecular formula is C13H13FN2O4. The third kappa shape index (κ3) is 2.77. The number of rotatable bonds is 4. The van der Waals surface area contributed by atoms with Crippen LogP contribution in [0.4, 0.5) is 4.39 Å². The Labute approximate surface area is 114 Å². The Morgan fingerprint density at radius 1 is 1.40 bits per heavy atom. The molecule has 0 fully saturated rings. The number of nitrogens with zero attached hydrogens (tertiary/aromatic N) is 2. The lowest BCUT2D eigenvalue weighted by molar-refractivity contribution is 0.0686. The molecule has 1 aromatic heterocycles. The van der Waals surface area contributed by atoms with Crippen LogP contribution < -0.4 is 0 Å². The largest absolute Gasteiger partial charge is 0.504 e. The Morgan fingerprint density at radius 2 is 2.10 bits per heavy atom. The number of aromatic nitrogens is 1. The molecule has 0 atom stereocenters. The zero-order chi connectivity index (χ0) is 14.9. The molecule has 2 N–H and O–H groups in total. The molecule has 0 bridgehead atoms. The van der Waals surface area contributed by atoms with Gasteiger partial charge in [0.05, 0.1) is 5.56 Å². The number of benzene rings is 1. The average molecular weight is 280 g/mol. The fourth-order valence-electron chi connectivity index (χ4n) is 1.80. The summed E-state index contributed by atoms with van der Waals surface area (Å²) in [6.45, 7) is 0.462. The van der Waals surface area contributed by atoms with Crippen LogP contribution in [0.2, 0.25) is 0 Å². The van der Waals surface area contributed by atoms with Crippen molar-refractivity contribution in [3.63, 3.8) is 0 Å². The predicted octanol–water partition coefficient (Wildman–Crippen LogP) is 1.95. The quantitative estimate of drug-likeness (QED) is 0.890. The molecule has 0 saturated heterocycles. The molecule has 0 radical (unpaired) electrons. The Hall–Kier alpha value is -2.41. The first-order chi connectivity index (χ1) is 9.38. The SMILES string of the molecule is CN(C)Cc1cc(F)c(O)c(-c2cc(C(=O)O)no2)c1. The van der Waals surface area contributed by atoms with Crippen molar-refractivity contribution >= 4 is 5.97 Å². The van der Waals surface area contributed by atoms with Gasteiger partial charge in [-0.15, -0.1) is 0 Å². The van der Waals surface area contributed by atoms with Gasteiger partial charge in [-0.1, -0.05) is 5.16 Å². The van der Waals surface area contributed by atoms with Gasteiger partial charge in [-0.2, -0.15) is 0 Å². The van der Waals surface area contributed by atoms with Gasteiger partial charge < -0.3 is 19.6 Å². The lowest BCUT2D eigenvalue weighted by Gasteiger charge is -2.11. The van der Waals surface area contributed by atoms with Crippen LogP contribution in [0.3, 0.4) is 0 Å². The molecule has 0 aliphatic heterocycles. The summed E-state index contributed by atoms with van der Waals surface area (Å²) in [6, 6.07) is 3.88. The molecule has 1 aromatic carbocycles. The van der Waals surface area contributed by atoms with Crippen LogP contribution >= 0.6 is 0 Å². The zero-order valence-electron chi connectivity index (χ0n) is 10.9. The van der Waals surface area contributed by atoms with Gasteiger partial charge in [-0.05, 0) is 31.8 Å². The highest BCUT2D eigenvalue weighted by molar-refractivity contribution is 5.86. The summed E-state index contributed by atoms with van der Waals surface area (Å²) in [6.07, 6.45) is 0. The van der Waals surface area contributed by atoms with E-state index in [2.05, 4.69) is 5.16 Å². The number of hydrogen-bond donors (Lipinski definition) is 2. The monoisotopic (exact) mass is 280 g/mol. The van der Waals surface area contributed by atoms with Crippen molar-refractivity contribution in [3.8, 4) is 17.1 Å². The number of halogens is 1. The third-order valence-corrected chi connectivity index (χ3v) is 2.62. The summed E-state index contributed by atoms with van der Waals surface area (Å²) in [5, 5.41) is 21.8. The predicted molar refractivity (Wildman–Crippen MR) is 67.9 cm³/mol. The molecule has 0 saturated carbocycles. The molecule has 106 valence electrons. The van der Waals surface area contributed by atoms with Crippen LogP contribution in [-0.2, 0) is 6.54 Å². The Morgan fingerprint density at radius 3 is 2.65 bits per heavy atom. The summed E-state index contributed by atoms with van der Waals surface area (Å²) in [7, 11) is 3.64. The third-order valence-electron chi connectivity index (χ3n) is 2.62. The van der Waals surface area contributed by atoms with E-state index in [4.69, 9.17) is 9.63 Å².